The van der Waals surface area contributed by atoms with Gasteiger partial charge >= 0.3 is 0 Å². The van der Waals surface area contributed by atoms with Crippen LogP contribution in [0.25, 0.3) is 0 Å². The first-order chi connectivity index (χ1) is 8.99. The quantitative estimate of drug-likeness (QED) is 0.820. The zero-order valence-electron chi connectivity index (χ0n) is 11.7. The maximum atomic E-state index is 11.3. The van der Waals surface area contributed by atoms with Gasteiger partial charge in [0, 0.05) is 24.5 Å². The summed E-state index contributed by atoms with van der Waals surface area (Å²) in [5, 5.41) is 0. The predicted octanol–water partition coefficient (Wildman–Crippen LogP) is 2.24. The van der Waals surface area contributed by atoms with Crippen LogP contribution in [-0.2, 0) is 0 Å². The van der Waals surface area contributed by atoms with Gasteiger partial charge < -0.3 is 16.4 Å². The molecular formula is C15H23N3O. The van der Waals surface area contributed by atoms with Gasteiger partial charge in [0.05, 0.1) is 5.56 Å². The fourth-order valence-corrected chi connectivity index (χ4v) is 2.78. The summed E-state index contributed by atoms with van der Waals surface area (Å²) >= 11 is 0. The monoisotopic (exact) mass is 261 g/mol. The second-order valence-corrected chi connectivity index (χ2v) is 5.70. The number of anilines is 2. The van der Waals surface area contributed by atoms with E-state index in [0.29, 0.717) is 11.3 Å². The number of nitrogens with two attached hydrogens (primary N) is 2. The Morgan fingerprint density at radius 3 is 2.47 bits per heavy atom. The SMILES string of the molecule is CC(C)C1CCN(c2ccc(N)c(C(N)=O)c2)CC1. The molecule has 19 heavy (non-hydrogen) atoms. The van der Waals surface area contributed by atoms with Crippen LogP contribution in [0.5, 0.6) is 0 Å². The predicted molar refractivity (Wildman–Crippen MR) is 79.1 cm³/mol. The molecule has 1 aromatic rings. The Kier molecular flexibility index (Phi) is 3.98. The second kappa shape index (κ2) is 5.51. The molecule has 104 valence electrons. The summed E-state index contributed by atoms with van der Waals surface area (Å²) in [6.07, 6.45) is 2.40. The van der Waals surface area contributed by atoms with Crippen LogP contribution in [0.4, 0.5) is 11.4 Å². The first-order valence-electron chi connectivity index (χ1n) is 6.93. The average Bonchev–Trinajstić information content (AvgIpc) is 2.39. The fraction of sp³-hybridized carbons (Fsp3) is 0.533. The second-order valence-electron chi connectivity index (χ2n) is 5.70. The molecule has 1 aromatic carbocycles. The van der Waals surface area contributed by atoms with Crippen LogP contribution in [-0.4, -0.2) is 19.0 Å². The number of nitrogen functional groups attached to an aromatic ring is 1. The lowest BCUT2D eigenvalue weighted by Gasteiger charge is -2.35. The molecule has 4 heteroatoms. The summed E-state index contributed by atoms with van der Waals surface area (Å²) in [5.74, 6) is 1.09. The number of nitrogens with zero attached hydrogens (tertiary/aromatic N) is 1. The molecule has 1 aliphatic heterocycles. The maximum absolute atomic E-state index is 11.3. The molecule has 0 atom stereocenters. The molecule has 0 aliphatic carbocycles. The molecule has 0 radical (unpaired) electrons. The van der Waals surface area contributed by atoms with E-state index in [-0.39, 0.29) is 0 Å². The van der Waals surface area contributed by atoms with E-state index in [9.17, 15) is 4.79 Å². The van der Waals surface area contributed by atoms with Crippen LogP contribution >= 0.6 is 0 Å². The Morgan fingerprint density at radius 2 is 1.95 bits per heavy atom. The zero-order valence-corrected chi connectivity index (χ0v) is 11.7. The van der Waals surface area contributed by atoms with E-state index in [0.717, 1.165) is 30.6 Å². The molecule has 1 heterocycles. The highest BCUT2D eigenvalue weighted by Gasteiger charge is 2.22. The lowest BCUT2D eigenvalue weighted by atomic mass is 9.86. The zero-order chi connectivity index (χ0) is 14.0. The highest BCUT2D eigenvalue weighted by molar-refractivity contribution is 5.99. The van der Waals surface area contributed by atoms with Gasteiger partial charge in [0.1, 0.15) is 0 Å². The topological polar surface area (TPSA) is 72.3 Å². The smallest absolute Gasteiger partial charge is 0.250 e. The van der Waals surface area contributed by atoms with E-state index in [2.05, 4.69) is 18.7 Å². The third-order valence-corrected chi connectivity index (χ3v) is 4.15. The number of rotatable bonds is 3. The van der Waals surface area contributed by atoms with E-state index in [1.807, 2.05) is 12.1 Å². The van der Waals surface area contributed by atoms with Crippen molar-refractivity contribution in [1.82, 2.24) is 0 Å². The third kappa shape index (κ3) is 3.00. The van der Waals surface area contributed by atoms with Crippen molar-refractivity contribution in [3.05, 3.63) is 23.8 Å². The van der Waals surface area contributed by atoms with E-state index in [1.54, 1.807) is 6.07 Å². The van der Waals surface area contributed by atoms with Crippen molar-refractivity contribution in [2.45, 2.75) is 26.7 Å². The van der Waals surface area contributed by atoms with Crippen molar-refractivity contribution in [2.24, 2.45) is 17.6 Å². The van der Waals surface area contributed by atoms with Crippen molar-refractivity contribution in [1.29, 1.82) is 0 Å². The van der Waals surface area contributed by atoms with Crippen molar-refractivity contribution < 1.29 is 4.79 Å². The van der Waals surface area contributed by atoms with E-state index < -0.39 is 5.91 Å². The Balaban J connectivity index is 2.12. The molecule has 0 unspecified atom stereocenters. The standard InChI is InChI=1S/C15H23N3O/c1-10(2)11-5-7-18(8-6-11)12-3-4-14(16)13(9-12)15(17)19/h3-4,9-11H,5-8,16H2,1-2H3,(H2,17,19). The fourth-order valence-electron chi connectivity index (χ4n) is 2.78. The van der Waals surface area contributed by atoms with Crippen LogP contribution in [0.1, 0.15) is 37.0 Å². The average molecular weight is 261 g/mol. The molecule has 0 bridgehead atoms. The highest BCUT2D eigenvalue weighted by Crippen LogP contribution is 2.29. The number of primary amides is 1. The number of carbonyl (C=O) groups excluding carboxylic acids is 1. The number of hydrogen-bond acceptors (Lipinski definition) is 3. The molecule has 1 amide bonds. The first kappa shape index (κ1) is 13.7. The summed E-state index contributed by atoms with van der Waals surface area (Å²) in [6.45, 7) is 6.64. The first-order valence-corrected chi connectivity index (χ1v) is 6.93. The molecule has 0 saturated carbocycles. The van der Waals surface area contributed by atoms with Gasteiger partial charge in [0.15, 0.2) is 0 Å². The molecular weight excluding hydrogens is 238 g/mol. The number of carbonyl (C=O) groups is 1. The lowest BCUT2D eigenvalue weighted by Crippen LogP contribution is -2.35. The normalized spacial score (nSPS) is 16.9. The van der Waals surface area contributed by atoms with Gasteiger partial charge in [-0.05, 0) is 42.9 Å². The van der Waals surface area contributed by atoms with Gasteiger partial charge in [-0.25, -0.2) is 0 Å². The van der Waals surface area contributed by atoms with E-state index in [1.165, 1.54) is 12.8 Å². The molecule has 1 aliphatic rings. The van der Waals surface area contributed by atoms with E-state index >= 15 is 0 Å². The summed E-state index contributed by atoms with van der Waals surface area (Å²) in [6, 6.07) is 5.55. The van der Waals surface area contributed by atoms with Crippen molar-refractivity contribution >= 4 is 17.3 Å². The molecule has 2 rings (SSSR count). The molecule has 0 aromatic heterocycles. The van der Waals surface area contributed by atoms with Crippen LogP contribution in [0.3, 0.4) is 0 Å². The highest BCUT2D eigenvalue weighted by atomic mass is 16.1. The Labute approximate surface area is 114 Å². The number of hydrogen-bond donors (Lipinski definition) is 2. The Morgan fingerprint density at radius 1 is 1.32 bits per heavy atom. The minimum Gasteiger partial charge on any atom is -0.398 e. The molecule has 4 nitrogen and oxygen atoms in total. The Bertz CT molecular complexity index is 462. The van der Waals surface area contributed by atoms with Gasteiger partial charge in [0.2, 0.25) is 0 Å². The Hall–Kier alpha value is -1.71. The summed E-state index contributed by atoms with van der Waals surface area (Å²) < 4.78 is 0. The van der Waals surface area contributed by atoms with Gasteiger partial charge in [-0.3, -0.25) is 4.79 Å². The summed E-state index contributed by atoms with van der Waals surface area (Å²) in [5.41, 5.74) is 13.0. The van der Waals surface area contributed by atoms with Crippen LogP contribution in [0.15, 0.2) is 18.2 Å². The van der Waals surface area contributed by atoms with Crippen molar-refractivity contribution in [2.75, 3.05) is 23.7 Å². The summed E-state index contributed by atoms with van der Waals surface area (Å²) in [7, 11) is 0. The number of piperidine rings is 1. The van der Waals surface area contributed by atoms with Gasteiger partial charge in [0.25, 0.3) is 5.91 Å². The largest absolute Gasteiger partial charge is 0.398 e. The van der Waals surface area contributed by atoms with E-state index in [4.69, 9.17) is 11.5 Å². The maximum Gasteiger partial charge on any atom is 0.250 e. The minimum absolute atomic E-state index is 0.420. The summed E-state index contributed by atoms with van der Waals surface area (Å²) in [4.78, 5) is 13.6. The molecule has 1 saturated heterocycles. The van der Waals surface area contributed by atoms with Crippen LogP contribution < -0.4 is 16.4 Å². The molecule has 1 fully saturated rings. The van der Waals surface area contributed by atoms with Gasteiger partial charge in [-0.1, -0.05) is 13.8 Å². The number of benzene rings is 1. The molecule has 0 spiro atoms. The number of amides is 1. The van der Waals surface area contributed by atoms with Crippen LogP contribution in [0.2, 0.25) is 0 Å². The van der Waals surface area contributed by atoms with Gasteiger partial charge in [-0.15, -0.1) is 0 Å². The van der Waals surface area contributed by atoms with Gasteiger partial charge in [-0.2, -0.15) is 0 Å². The third-order valence-electron chi connectivity index (χ3n) is 4.15. The van der Waals surface area contributed by atoms with Crippen molar-refractivity contribution in [3.63, 3.8) is 0 Å². The molecule has 4 N–H and O–H groups in total. The minimum atomic E-state index is -0.462. The lowest BCUT2D eigenvalue weighted by molar-refractivity contribution is 0.100. The van der Waals surface area contributed by atoms with Crippen molar-refractivity contribution in [3.8, 4) is 0 Å². The van der Waals surface area contributed by atoms with Crippen LogP contribution in [0, 0.1) is 11.8 Å².